The van der Waals surface area contributed by atoms with Gasteiger partial charge in [0, 0.05) is 37.4 Å². The molecule has 1 heterocycles. The molecule has 0 saturated carbocycles. The van der Waals surface area contributed by atoms with Gasteiger partial charge in [-0.25, -0.2) is 0 Å². The van der Waals surface area contributed by atoms with Crippen molar-refractivity contribution < 1.29 is 4.79 Å². The van der Waals surface area contributed by atoms with Gasteiger partial charge in [-0.2, -0.15) is 0 Å². The van der Waals surface area contributed by atoms with Crippen LogP contribution < -0.4 is 10.2 Å². The minimum atomic E-state index is -0.126. The Hall–Kier alpha value is -2.04. The maximum atomic E-state index is 12.3. The third-order valence-electron chi connectivity index (χ3n) is 4.36. The molecule has 0 atom stereocenters. The number of nitrogens with zero attached hydrogens (tertiary/aromatic N) is 2. The molecule has 0 aliphatic carbocycles. The number of carbonyl (C=O) groups is 1. The van der Waals surface area contributed by atoms with Crippen molar-refractivity contribution in [3.8, 4) is 0 Å². The highest BCUT2D eigenvalue weighted by Gasteiger charge is 2.17. The van der Waals surface area contributed by atoms with Gasteiger partial charge in [0.15, 0.2) is 0 Å². The van der Waals surface area contributed by atoms with Crippen LogP contribution in [0.4, 0.5) is 11.4 Å². The Morgan fingerprint density at radius 1 is 1.04 bits per heavy atom. The number of hydrogen-bond acceptors (Lipinski definition) is 3. The number of anilines is 2. The predicted molar refractivity (Wildman–Crippen MR) is 100 cm³/mol. The van der Waals surface area contributed by atoms with Crippen molar-refractivity contribution in [2.75, 3.05) is 43.4 Å². The Bertz CT molecular complexity index is 722. The van der Waals surface area contributed by atoms with Crippen LogP contribution in [0.2, 0.25) is 5.02 Å². The summed E-state index contributed by atoms with van der Waals surface area (Å²) in [7, 11) is 2.13. The van der Waals surface area contributed by atoms with Crippen LogP contribution in [-0.2, 0) is 0 Å². The molecule has 0 spiro atoms. The fourth-order valence-corrected chi connectivity index (χ4v) is 3.10. The summed E-state index contributed by atoms with van der Waals surface area (Å²) >= 11 is 6.44. The summed E-state index contributed by atoms with van der Waals surface area (Å²) < 4.78 is 0. The molecular formula is C19H22ClN3O. The zero-order chi connectivity index (χ0) is 17.1. The van der Waals surface area contributed by atoms with Gasteiger partial charge in [-0.3, -0.25) is 4.79 Å². The number of rotatable bonds is 3. The first-order chi connectivity index (χ1) is 11.5. The molecule has 1 N–H and O–H groups in total. The highest BCUT2D eigenvalue weighted by atomic mass is 35.5. The molecule has 126 valence electrons. The van der Waals surface area contributed by atoms with Crippen LogP contribution in [0.5, 0.6) is 0 Å². The van der Waals surface area contributed by atoms with Crippen LogP contribution in [0.3, 0.4) is 0 Å². The third kappa shape index (κ3) is 3.89. The van der Waals surface area contributed by atoms with Gasteiger partial charge in [0.2, 0.25) is 0 Å². The van der Waals surface area contributed by atoms with Gasteiger partial charge in [-0.15, -0.1) is 0 Å². The third-order valence-corrected chi connectivity index (χ3v) is 4.67. The molecular weight excluding hydrogens is 322 g/mol. The van der Waals surface area contributed by atoms with Gasteiger partial charge in [-0.1, -0.05) is 29.3 Å². The Morgan fingerprint density at radius 3 is 2.33 bits per heavy atom. The number of aryl methyl sites for hydroxylation is 1. The number of halogens is 1. The van der Waals surface area contributed by atoms with Crippen molar-refractivity contribution >= 4 is 28.9 Å². The van der Waals surface area contributed by atoms with Gasteiger partial charge in [-0.05, 0) is 44.3 Å². The summed E-state index contributed by atoms with van der Waals surface area (Å²) in [6, 6.07) is 13.2. The molecule has 0 radical (unpaired) electrons. The van der Waals surface area contributed by atoms with Crippen LogP contribution in [0.1, 0.15) is 15.9 Å². The molecule has 1 aliphatic rings. The van der Waals surface area contributed by atoms with Crippen LogP contribution in [0, 0.1) is 6.92 Å². The van der Waals surface area contributed by atoms with E-state index in [9.17, 15) is 4.79 Å². The van der Waals surface area contributed by atoms with E-state index >= 15 is 0 Å². The zero-order valence-corrected chi connectivity index (χ0v) is 14.8. The molecule has 0 bridgehead atoms. The highest BCUT2D eigenvalue weighted by Crippen LogP contribution is 2.29. The Labute approximate surface area is 148 Å². The smallest absolute Gasteiger partial charge is 0.255 e. The number of carbonyl (C=O) groups excluding carboxylic acids is 1. The Balaban J connectivity index is 1.70. The Morgan fingerprint density at radius 2 is 1.71 bits per heavy atom. The molecule has 3 rings (SSSR count). The maximum Gasteiger partial charge on any atom is 0.255 e. The Kier molecular flexibility index (Phi) is 5.07. The summed E-state index contributed by atoms with van der Waals surface area (Å²) in [4.78, 5) is 16.9. The zero-order valence-electron chi connectivity index (χ0n) is 14.1. The largest absolute Gasteiger partial charge is 0.368 e. The highest BCUT2D eigenvalue weighted by molar-refractivity contribution is 6.33. The lowest BCUT2D eigenvalue weighted by Gasteiger charge is -2.34. The first-order valence-electron chi connectivity index (χ1n) is 8.14. The number of piperazine rings is 1. The molecule has 5 heteroatoms. The lowest BCUT2D eigenvalue weighted by molar-refractivity contribution is 0.102. The van der Waals surface area contributed by atoms with Gasteiger partial charge in [0.05, 0.1) is 10.7 Å². The van der Waals surface area contributed by atoms with E-state index in [-0.39, 0.29) is 5.91 Å². The van der Waals surface area contributed by atoms with Crippen LogP contribution in [0.15, 0.2) is 42.5 Å². The van der Waals surface area contributed by atoms with E-state index in [1.54, 1.807) is 0 Å². The number of benzene rings is 2. The van der Waals surface area contributed by atoms with Crippen molar-refractivity contribution in [1.29, 1.82) is 0 Å². The minimum absolute atomic E-state index is 0.126. The summed E-state index contributed by atoms with van der Waals surface area (Å²) in [5, 5.41) is 3.57. The quantitative estimate of drug-likeness (QED) is 0.924. The van der Waals surface area contributed by atoms with E-state index in [1.807, 2.05) is 49.4 Å². The van der Waals surface area contributed by atoms with Crippen LogP contribution in [0.25, 0.3) is 0 Å². The van der Waals surface area contributed by atoms with E-state index in [4.69, 9.17) is 11.6 Å². The molecule has 1 fully saturated rings. The molecule has 1 aliphatic heterocycles. The topological polar surface area (TPSA) is 35.6 Å². The monoisotopic (exact) mass is 343 g/mol. The van der Waals surface area contributed by atoms with E-state index in [0.29, 0.717) is 16.3 Å². The second kappa shape index (κ2) is 7.24. The number of hydrogen-bond donors (Lipinski definition) is 1. The van der Waals surface area contributed by atoms with Crippen LogP contribution >= 0.6 is 11.6 Å². The van der Waals surface area contributed by atoms with Gasteiger partial charge >= 0.3 is 0 Å². The fraction of sp³-hybridized carbons (Fsp3) is 0.316. The van der Waals surface area contributed by atoms with E-state index in [2.05, 4.69) is 22.2 Å². The summed E-state index contributed by atoms with van der Waals surface area (Å²) in [6.07, 6.45) is 0. The molecule has 4 nitrogen and oxygen atoms in total. The average Bonchev–Trinajstić information content (AvgIpc) is 2.57. The first-order valence-corrected chi connectivity index (χ1v) is 8.52. The van der Waals surface area contributed by atoms with Crippen molar-refractivity contribution in [3.63, 3.8) is 0 Å². The second-order valence-corrected chi connectivity index (χ2v) is 6.68. The number of amides is 1. The van der Waals surface area contributed by atoms with Crippen molar-refractivity contribution in [3.05, 3.63) is 58.6 Å². The van der Waals surface area contributed by atoms with Gasteiger partial charge in [0.25, 0.3) is 5.91 Å². The molecule has 1 saturated heterocycles. The first kappa shape index (κ1) is 16.8. The predicted octanol–water partition coefficient (Wildman–Crippen LogP) is 3.65. The summed E-state index contributed by atoms with van der Waals surface area (Å²) in [6.45, 7) is 5.99. The molecule has 1 amide bonds. The lowest BCUT2D eigenvalue weighted by Crippen LogP contribution is -2.44. The lowest BCUT2D eigenvalue weighted by atomic mass is 10.1. The van der Waals surface area contributed by atoms with Crippen molar-refractivity contribution in [2.24, 2.45) is 0 Å². The van der Waals surface area contributed by atoms with Crippen molar-refractivity contribution in [1.82, 2.24) is 4.90 Å². The molecule has 2 aromatic rings. The van der Waals surface area contributed by atoms with Gasteiger partial charge in [0.1, 0.15) is 0 Å². The maximum absolute atomic E-state index is 12.3. The molecule has 24 heavy (non-hydrogen) atoms. The molecule has 2 aromatic carbocycles. The normalized spacial score (nSPS) is 15.4. The van der Waals surface area contributed by atoms with Crippen LogP contribution in [-0.4, -0.2) is 44.0 Å². The number of nitrogens with one attached hydrogen (secondary N) is 1. The van der Waals surface area contributed by atoms with E-state index in [1.165, 1.54) is 0 Å². The van der Waals surface area contributed by atoms with Crippen molar-refractivity contribution in [2.45, 2.75) is 6.92 Å². The van der Waals surface area contributed by atoms with E-state index in [0.717, 1.165) is 37.4 Å². The fourth-order valence-electron chi connectivity index (χ4n) is 2.80. The SMILES string of the molecule is Cc1ccc(C(=O)Nc2ccc(N3CCN(C)CC3)c(Cl)c2)cc1. The second-order valence-electron chi connectivity index (χ2n) is 6.28. The minimum Gasteiger partial charge on any atom is -0.368 e. The summed E-state index contributed by atoms with van der Waals surface area (Å²) in [5.41, 5.74) is 3.51. The molecule has 0 unspecified atom stereocenters. The summed E-state index contributed by atoms with van der Waals surface area (Å²) in [5.74, 6) is -0.126. The average molecular weight is 344 g/mol. The van der Waals surface area contributed by atoms with E-state index < -0.39 is 0 Å². The van der Waals surface area contributed by atoms with Gasteiger partial charge < -0.3 is 15.1 Å². The standard InChI is InChI=1S/C19H22ClN3O/c1-14-3-5-15(6-4-14)19(24)21-16-7-8-18(17(20)13-16)23-11-9-22(2)10-12-23/h3-8,13H,9-12H2,1-2H3,(H,21,24). The molecule has 0 aromatic heterocycles. The number of likely N-dealkylation sites (N-methyl/N-ethyl adjacent to an activating group) is 1.